The van der Waals surface area contributed by atoms with Crippen molar-refractivity contribution in [3.8, 4) is 0 Å². The van der Waals surface area contributed by atoms with E-state index in [1.54, 1.807) is 13.8 Å². The summed E-state index contributed by atoms with van der Waals surface area (Å²) in [6.07, 6.45) is 6.90. The molecule has 0 spiro atoms. The van der Waals surface area contributed by atoms with Gasteiger partial charge in [0.25, 0.3) is 0 Å². The van der Waals surface area contributed by atoms with Crippen LogP contribution in [0.4, 0.5) is 0 Å². The van der Waals surface area contributed by atoms with E-state index >= 15 is 0 Å². The molecular weight excluding hydrogens is 178 g/mol. The highest BCUT2D eigenvalue weighted by Gasteiger charge is 2.36. The van der Waals surface area contributed by atoms with E-state index in [0.29, 0.717) is 12.3 Å². The number of allylic oxidation sites excluding steroid dienone is 1. The third-order valence-electron chi connectivity index (χ3n) is 2.03. The van der Waals surface area contributed by atoms with Crippen LogP contribution < -0.4 is 0 Å². The first-order valence-corrected chi connectivity index (χ1v) is 5.02. The Balaban J connectivity index is 2.45. The zero-order valence-electron chi connectivity index (χ0n) is 9.04. The van der Waals surface area contributed by atoms with Crippen molar-refractivity contribution in [2.75, 3.05) is 0 Å². The highest BCUT2D eigenvalue weighted by molar-refractivity contribution is 5.99. The maximum atomic E-state index is 11.2. The number of cyclic esters (lactones) is 1. The largest absolute Gasteiger partial charge is 0.410 e. The molecule has 1 aliphatic rings. The van der Waals surface area contributed by atoms with Gasteiger partial charge < -0.3 is 4.74 Å². The van der Waals surface area contributed by atoms with E-state index in [1.165, 1.54) is 0 Å². The van der Waals surface area contributed by atoms with E-state index in [-0.39, 0.29) is 5.97 Å². The molecule has 78 valence electrons. The molecular formula is C11H17NO2. The van der Waals surface area contributed by atoms with Crippen LogP contribution in [0.3, 0.4) is 0 Å². The van der Waals surface area contributed by atoms with Crippen molar-refractivity contribution in [1.29, 1.82) is 0 Å². The van der Waals surface area contributed by atoms with Gasteiger partial charge >= 0.3 is 5.97 Å². The Hall–Kier alpha value is -1.12. The van der Waals surface area contributed by atoms with Crippen molar-refractivity contribution in [1.82, 2.24) is 0 Å². The van der Waals surface area contributed by atoms with Gasteiger partial charge in [-0.15, -0.1) is 0 Å². The predicted octanol–water partition coefficient (Wildman–Crippen LogP) is 2.47. The molecule has 0 aromatic carbocycles. The van der Waals surface area contributed by atoms with Crippen LogP contribution in [0.1, 0.15) is 40.0 Å². The second kappa shape index (κ2) is 4.40. The Morgan fingerprint density at radius 1 is 1.43 bits per heavy atom. The first kappa shape index (κ1) is 11.0. The number of carbonyl (C=O) groups excluding carboxylic acids is 1. The summed E-state index contributed by atoms with van der Waals surface area (Å²) in [5.41, 5.74) is -0.687. The third-order valence-corrected chi connectivity index (χ3v) is 2.03. The Bertz CT molecular complexity index is 277. The van der Waals surface area contributed by atoms with Gasteiger partial charge in [0.1, 0.15) is 0 Å². The van der Waals surface area contributed by atoms with E-state index in [2.05, 4.69) is 18.0 Å². The standard InChI is InChI=1S/C11H17NO2/c1-4-5-6-7-8-9-12-11(2,3)10(13)14-9/h6-7H,4-5,8H2,1-3H3/b7-6+. The lowest BCUT2D eigenvalue weighted by Gasteiger charge is -2.05. The minimum atomic E-state index is -0.687. The van der Waals surface area contributed by atoms with E-state index in [0.717, 1.165) is 12.8 Å². The summed E-state index contributed by atoms with van der Waals surface area (Å²) in [4.78, 5) is 15.4. The molecule has 0 atom stereocenters. The Morgan fingerprint density at radius 3 is 2.64 bits per heavy atom. The summed E-state index contributed by atoms with van der Waals surface area (Å²) in [6, 6.07) is 0. The van der Waals surface area contributed by atoms with Gasteiger partial charge in [-0.05, 0) is 20.3 Å². The number of unbranched alkanes of at least 4 members (excludes halogenated alkanes) is 1. The Kier molecular flexibility index (Phi) is 3.44. The molecule has 14 heavy (non-hydrogen) atoms. The van der Waals surface area contributed by atoms with Crippen LogP contribution in [0.2, 0.25) is 0 Å². The van der Waals surface area contributed by atoms with Gasteiger partial charge in [-0.25, -0.2) is 9.79 Å². The van der Waals surface area contributed by atoms with Gasteiger partial charge in [0.05, 0.1) is 0 Å². The molecule has 1 rings (SSSR count). The van der Waals surface area contributed by atoms with Gasteiger partial charge in [-0.1, -0.05) is 25.5 Å². The van der Waals surface area contributed by atoms with Crippen molar-refractivity contribution in [2.45, 2.75) is 45.6 Å². The van der Waals surface area contributed by atoms with E-state index in [1.807, 2.05) is 6.08 Å². The van der Waals surface area contributed by atoms with E-state index in [9.17, 15) is 4.79 Å². The SMILES string of the molecule is CCC/C=C/CC1=NC(C)(C)C(=O)O1. The fourth-order valence-corrected chi connectivity index (χ4v) is 1.17. The summed E-state index contributed by atoms with van der Waals surface area (Å²) in [5.74, 6) is 0.281. The van der Waals surface area contributed by atoms with Crippen molar-refractivity contribution in [3.05, 3.63) is 12.2 Å². The normalized spacial score (nSPS) is 19.9. The highest BCUT2D eigenvalue weighted by Crippen LogP contribution is 2.20. The molecule has 1 aliphatic heterocycles. The van der Waals surface area contributed by atoms with Crippen LogP contribution in [-0.2, 0) is 9.53 Å². The van der Waals surface area contributed by atoms with Gasteiger partial charge in [0.15, 0.2) is 11.4 Å². The zero-order valence-corrected chi connectivity index (χ0v) is 9.04. The van der Waals surface area contributed by atoms with Crippen LogP contribution >= 0.6 is 0 Å². The lowest BCUT2D eigenvalue weighted by molar-refractivity contribution is -0.137. The first-order chi connectivity index (χ1) is 6.56. The smallest absolute Gasteiger partial charge is 0.340 e. The molecule has 3 nitrogen and oxygen atoms in total. The number of esters is 1. The van der Waals surface area contributed by atoms with Gasteiger partial charge in [0, 0.05) is 6.42 Å². The van der Waals surface area contributed by atoms with Crippen molar-refractivity contribution in [3.63, 3.8) is 0 Å². The Labute approximate surface area is 84.9 Å². The minimum absolute atomic E-state index is 0.253. The molecule has 0 radical (unpaired) electrons. The lowest BCUT2D eigenvalue weighted by Crippen LogP contribution is -2.25. The second-order valence-corrected chi connectivity index (χ2v) is 3.92. The minimum Gasteiger partial charge on any atom is -0.410 e. The van der Waals surface area contributed by atoms with Crippen LogP contribution in [-0.4, -0.2) is 17.4 Å². The van der Waals surface area contributed by atoms with E-state index < -0.39 is 5.54 Å². The molecule has 0 aliphatic carbocycles. The number of aliphatic imine (C=N–C) groups is 1. The molecule has 1 heterocycles. The molecule has 0 fully saturated rings. The summed E-state index contributed by atoms with van der Waals surface area (Å²) in [5, 5.41) is 0. The zero-order chi connectivity index (χ0) is 10.6. The fraction of sp³-hybridized carbons (Fsp3) is 0.636. The number of hydrogen-bond acceptors (Lipinski definition) is 3. The average molecular weight is 195 g/mol. The van der Waals surface area contributed by atoms with E-state index in [4.69, 9.17) is 4.74 Å². The quantitative estimate of drug-likeness (QED) is 0.510. The van der Waals surface area contributed by atoms with Crippen LogP contribution in [0.15, 0.2) is 17.1 Å². The second-order valence-electron chi connectivity index (χ2n) is 3.92. The van der Waals surface area contributed by atoms with Crippen LogP contribution in [0.25, 0.3) is 0 Å². The van der Waals surface area contributed by atoms with Gasteiger partial charge in [-0.3, -0.25) is 0 Å². The number of nitrogens with zero attached hydrogens (tertiary/aromatic N) is 1. The summed E-state index contributed by atoms with van der Waals surface area (Å²) in [6.45, 7) is 5.65. The van der Waals surface area contributed by atoms with Gasteiger partial charge in [0.2, 0.25) is 0 Å². The molecule has 0 saturated carbocycles. The summed E-state index contributed by atoms with van der Waals surface area (Å²) < 4.78 is 5.02. The fourth-order valence-electron chi connectivity index (χ4n) is 1.17. The third kappa shape index (κ3) is 2.69. The maximum absolute atomic E-state index is 11.2. The monoisotopic (exact) mass is 195 g/mol. The molecule has 0 unspecified atom stereocenters. The molecule has 0 aromatic rings. The number of ether oxygens (including phenoxy) is 1. The van der Waals surface area contributed by atoms with Gasteiger partial charge in [-0.2, -0.15) is 0 Å². The topological polar surface area (TPSA) is 38.7 Å². The van der Waals surface area contributed by atoms with Crippen LogP contribution in [0, 0.1) is 0 Å². The molecule has 3 heteroatoms. The predicted molar refractivity (Wildman–Crippen MR) is 56.3 cm³/mol. The molecule has 0 amide bonds. The van der Waals surface area contributed by atoms with Crippen molar-refractivity contribution >= 4 is 11.9 Å². The average Bonchev–Trinajstić information content (AvgIpc) is 2.35. The maximum Gasteiger partial charge on any atom is 0.340 e. The number of hydrogen-bond donors (Lipinski definition) is 0. The molecule has 0 N–H and O–H groups in total. The molecule has 0 aromatic heterocycles. The molecule has 0 bridgehead atoms. The highest BCUT2D eigenvalue weighted by atomic mass is 16.6. The first-order valence-electron chi connectivity index (χ1n) is 5.02. The summed E-state index contributed by atoms with van der Waals surface area (Å²) in [7, 11) is 0. The van der Waals surface area contributed by atoms with Crippen molar-refractivity contribution in [2.24, 2.45) is 4.99 Å². The molecule has 0 saturated heterocycles. The lowest BCUT2D eigenvalue weighted by atomic mass is 10.1. The number of carbonyl (C=O) groups is 1. The van der Waals surface area contributed by atoms with Crippen molar-refractivity contribution < 1.29 is 9.53 Å². The Morgan fingerprint density at radius 2 is 2.14 bits per heavy atom. The van der Waals surface area contributed by atoms with Crippen LogP contribution in [0.5, 0.6) is 0 Å². The summed E-state index contributed by atoms with van der Waals surface area (Å²) >= 11 is 0. The number of rotatable bonds is 4.